The average molecular weight is 347 g/mol. The van der Waals surface area contributed by atoms with E-state index in [0.717, 1.165) is 11.3 Å². The molecule has 1 aromatic rings. The Kier molecular flexibility index (Phi) is 6.41. The first-order valence-electron chi connectivity index (χ1n) is 8.24. The van der Waals surface area contributed by atoms with Gasteiger partial charge in [-0.15, -0.1) is 0 Å². The number of benzene rings is 1. The number of anilines is 1. The number of hydrogen-bond acceptors (Lipinski definition) is 5. The fourth-order valence-corrected chi connectivity index (χ4v) is 2.59. The molecule has 1 aromatic carbocycles. The molecule has 1 aliphatic heterocycles. The summed E-state index contributed by atoms with van der Waals surface area (Å²) in [6.45, 7) is 4.65. The summed E-state index contributed by atoms with van der Waals surface area (Å²) in [4.78, 5) is 26.3. The van der Waals surface area contributed by atoms with Crippen molar-refractivity contribution in [3.05, 3.63) is 41.1 Å². The van der Waals surface area contributed by atoms with Gasteiger partial charge in [-0.25, -0.2) is 9.59 Å². The number of allylic oxidation sites excluding steroid dienone is 1. The number of esters is 1. The van der Waals surface area contributed by atoms with Crippen LogP contribution in [0.2, 0.25) is 0 Å². The molecule has 0 bridgehead atoms. The minimum Gasteiger partial charge on any atom is -0.460 e. The molecule has 7 nitrogen and oxygen atoms in total. The number of hydrogen-bond donors (Lipinski definition) is 2. The quantitative estimate of drug-likeness (QED) is 0.582. The van der Waals surface area contributed by atoms with Gasteiger partial charge in [-0.05, 0) is 31.5 Å². The van der Waals surface area contributed by atoms with Gasteiger partial charge in [0.2, 0.25) is 0 Å². The van der Waals surface area contributed by atoms with Gasteiger partial charge in [0.25, 0.3) is 0 Å². The van der Waals surface area contributed by atoms with Crippen LogP contribution in [0.15, 0.2) is 35.5 Å². The maximum Gasteiger partial charge on any atom is 0.338 e. The lowest BCUT2D eigenvalue weighted by molar-refractivity contribution is -0.141. The molecule has 0 saturated carbocycles. The van der Waals surface area contributed by atoms with Crippen molar-refractivity contribution >= 4 is 17.7 Å². The largest absolute Gasteiger partial charge is 0.460 e. The Morgan fingerprint density at radius 2 is 1.88 bits per heavy atom. The first kappa shape index (κ1) is 18.8. The first-order chi connectivity index (χ1) is 11.9. The molecule has 2 amide bonds. The van der Waals surface area contributed by atoms with E-state index >= 15 is 0 Å². The molecule has 0 fully saturated rings. The maximum absolute atomic E-state index is 12.5. The maximum atomic E-state index is 12.5. The van der Waals surface area contributed by atoms with Crippen LogP contribution < -0.4 is 15.5 Å². The normalized spacial score (nSPS) is 17.0. The van der Waals surface area contributed by atoms with Gasteiger partial charge >= 0.3 is 12.0 Å². The monoisotopic (exact) mass is 347 g/mol. The summed E-state index contributed by atoms with van der Waals surface area (Å²) in [5, 5.41) is 5.42. The van der Waals surface area contributed by atoms with E-state index in [4.69, 9.17) is 9.47 Å². The van der Waals surface area contributed by atoms with Crippen molar-refractivity contribution in [2.45, 2.75) is 19.9 Å². The minimum absolute atomic E-state index is 0.170. The molecule has 25 heavy (non-hydrogen) atoms. The van der Waals surface area contributed by atoms with Crippen LogP contribution in [0.3, 0.4) is 0 Å². The van der Waals surface area contributed by atoms with Gasteiger partial charge in [0, 0.05) is 32.1 Å². The molecular weight excluding hydrogens is 322 g/mol. The Morgan fingerprint density at radius 3 is 2.48 bits per heavy atom. The van der Waals surface area contributed by atoms with Gasteiger partial charge < -0.3 is 25.0 Å². The first-order valence-corrected chi connectivity index (χ1v) is 8.24. The Morgan fingerprint density at radius 1 is 1.20 bits per heavy atom. The van der Waals surface area contributed by atoms with Crippen LogP contribution in [0.1, 0.15) is 25.5 Å². The third-order valence-electron chi connectivity index (χ3n) is 3.90. The van der Waals surface area contributed by atoms with E-state index in [1.165, 1.54) is 0 Å². The number of amides is 2. The zero-order valence-corrected chi connectivity index (χ0v) is 15.1. The zero-order chi connectivity index (χ0) is 18.4. The summed E-state index contributed by atoms with van der Waals surface area (Å²) in [6.07, 6.45) is 0. The van der Waals surface area contributed by atoms with Crippen LogP contribution >= 0.6 is 0 Å². The lowest BCUT2D eigenvalue weighted by Crippen LogP contribution is -2.45. The van der Waals surface area contributed by atoms with Gasteiger partial charge in [0.15, 0.2) is 0 Å². The average Bonchev–Trinajstić information content (AvgIpc) is 2.58. The van der Waals surface area contributed by atoms with Crippen LogP contribution in [-0.2, 0) is 14.3 Å². The summed E-state index contributed by atoms with van der Waals surface area (Å²) >= 11 is 0. The highest BCUT2D eigenvalue weighted by Crippen LogP contribution is 2.28. The fraction of sp³-hybridized carbons (Fsp3) is 0.444. The number of nitrogens with zero attached hydrogens (tertiary/aromatic N) is 1. The van der Waals surface area contributed by atoms with E-state index in [0.29, 0.717) is 24.5 Å². The molecule has 136 valence electrons. The second-order valence-corrected chi connectivity index (χ2v) is 5.89. The predicted molar refractivity (Wildman–Crippen MR) is 95.3 cm³/mol. The number of rotatable bonds is 7. The fourth-order valence-electron chi connectivity index (χ4n) is 2.59. The number of urea groups is 1. The number of ether oxygens (including phenoxy) is 2. The molecule has 0 radical (unpaired) electrons. The van der Waals surface area contributed by atoms with E-state index in [2.05, 4.69) is 10.6 Å². The Labute approximate surface area is 148 Å². The standard InChI is InChI=1S/C18H25N3O4/c1-5-24-10-11-25-17(22)15-12(2)19-18(23)20-16(15)13-6-8-14(9-7-13)21(3)4/h6-9,16H,5,10-11H2,1-4H3,(H2,19,20,23)/t16-/m1/s1. The lowest BCUT2D eigenvalue weighted by Gasteiger charge is -2.28. The highest BCUT2D eigenvalue weighted by Gasteiger charge is 2.32. The van der Waals surface area contributed by atoms with Gasteiger partial charge in [-0.2, -0.15) is 0 Å². The molecular formula is C18H25N3O4. The molecule has 7 heteroatoms. The second-order valence-electron chi connectivity index (χ2n) is 5.89. The molecule has 0 aromatic heterocycles. The zero-order valence-electron chi connectivity index (χ0n) is 15.1. The van der Waals surface area contributed by atoms with E-state index in [9.17, 15) is 9.59 Å². The number of nitrogens with one attached hydrogen (secondary N) is 2. The van der Waals surface area contributed by atoms with Crippen LogP contribution in [0.5, 0.6) is 0 Å². The van der Waals surface area contributed by atoms with Gasteiger partial charge in [0.1, 0.15) is 6.61 Å². The van der Waals surface area contributed by atoms with Crippen molar-refractivity contribution in [3.63, 3.8) is 0 Å². The molecule has 0 unspecified atom stereocenters. The summed E-state index contributed by atoms with van der Waals surface area (Å²) in [5.41, 5.74) is 2.74. The highest BCUT2D eigenvalue weighted by atomic mass is 16.6. The minimum atomic E-state index is -0.551. The summed E-state index contributed by atoms with van der Waals surface area (Å²) in [5.74, 6) is -0.466. The lowest BCUT2D eigenvalue weighted by atomic mass is 9.95. The topological polar surface area (TPSA) is 79.9 Å². The van der Waals surface area contributed by atoms with Gasteiger partial charge in [-0.3, -0.25) is 0 Å². The number of carbonyl (C=O) groups is 2. The van der Waals surface area contributed by atoms with E-state index in [1.807, 2.05) is 50.2 Å². The molecule has 0 spiro atoms. The van der Waals surface area contributed by atoms with Gasteiger partial charge in [0.05, 0.1) is 18.2 Å². The van der Waals surface area contributed by atoms with E-state index < -0.39 is 12.0 Å². The van der Waals surface area contributed by atoms with Crippen LogP contribution in [0.25, 0.3) is 0 Å². The van der Waals surface area contributed by atoms with Crippen LogP contribution in [0.4, 0.5) is 10.5 Å². The second kappa shape index (κ2) is 8.53. The Hall–Kier alpha value is -2.54. The third-order valence-corrected chi connectivity index (χ3v) is 3.90. The molecule has 0 aliphatic carbocycles. The molecule has 1 atom stereocenters. The molecule has 2 N–H and O–H groups in total. The van der Waals surface area contributed by atoms with Crippen molar-refractivity contribution in [3.8, 4) is 0 Å². The summed E-state index contributed by atoms with van der Waals surface area (Å²) in [6, 6.07) is 6.78. The molecule has 2 rings (SSSR count). The smallest absolute Gasteiger partial charge is 0.338 e. The number of carbonyl (C=O) groups excluding carboxylic acids is 2. The highest BCUT2D eigenvalue weighted by molar-refractivity contribution is 5.95. The van der Waals surface area contributed by atoms with E-state index in [1.54, 1.807) is 6.92 Å². The summed E-state index contributed by atoms with van der Waals surface area (Å²) in [7, 11) is 3.90. The van der Waals surface area contributed by atoms with Crippen molar-refractivity contribution in [2.75, 3.05) is 38.8 Å². The van der Waals surface area contributed by atoms with Crippen molar-refractivity contribution < 1.29 is 19.1 Å². The van der Waals surface area contributed by atoms with E-state index in [-0.39, 0.29) is 12.6 Å². The SMILES string of the molecule is CCOCCOC(=O)C1=C(C)NC(=O)N[C@@H]1c1ccc(N(C)C)cc1. The van der Waals surface area contributed by atoms with Crippen molar-refractivity contribution in [1.82, 2.24) is 10.6 Å². The van der Waals surface area contributed by atoms with Crippen molar-refractivity contribution in [1.29, 1.82) is 0 Å². The molecule has 0 saturated heterocycles. The van der Waals surface area contributed by atoms with Gasteiger partial charge in [-0.1, -0.05) is 12.1 Å². The summed E-state index contributed by atoms with van der Waals surface area (Å²) < 4.78 is 10.5. The van der Waals surface area contributed by atoms with Crippen LogP contribution in [0, 0.1) is 0 Å². The Bertz CT molecular complexity index is 653. The molecule has 1 aliphatic rings. The third kappa shape index (κ3) is 4.73. The van der Waals surface area contributed by atoms with Crippen molar-refractivity contribution in [2.24, 2.45) is 0 Å². The predicted octanol–water partition coefficient (Wildman–Crippen LogP) is 1.96. The van der Waals surface area contributed by atoms with Crippen LogP contribution in [-0.4, -0.2) is 45.9 Å². The Balaban J connectivity index is 2.22. The molecule has 1 heterocycles.